The SMILES string of the molecule is CON(C)C(=O)c1cc(CN(C)C)n2ncnc(N)c12. The highest BCUT2D eigenvalue weighted by Crippen LogP contribution is 2.22. The molecular weight excluding hydrogens is 260 g/mol. The topological polar surface area (TPSA) is 89.0 Å². The number of carbonyl (C=O) groups is 1. The second-order valence-electron chi connectivity index (χ2n) is 4.68. The van der Waals surface area contributed by atoms with Crippen LogP contribution in [-0.4, -0.2) is 58.7 Å². The maximum Gasteiger partial charge on any atom is 0.279 e. The van der Waals surface area contributed by atoms with Gasteiger partial charge in [0.15, 0.2) is 5.82 Å². The Balaban J connectivity index is 2.62. The molecule has 2 rings (SSSR count). The fourth-order valence-corrected chi connectivity index (χ4v) is 1.99. The molecule has 0 saturated heterocycles. The molecule has 20 heavy (non-hydrogen) atoms. The molecule has 0 unspecified atom stereocenters. The lowest BCUT2D eigenvalue weighted by Crippen LogP contribution is -2.25. The van der Waals surface area contributed by atoms with E-state index in [9.17, 15) is 4.79 Å². The smallest absolute Gasteiger partial charge is 0.279 e. The Bertz CT molecular complexity index is 636. The molecule has 0 radical (unpaired) electrons. The average Bonchev–Trinajstić information content (AvgIpc) is 2.76. The molecule has 2 aromatic rings. The molecule has 0 aliphatic carbocycles. The Morgan fingerprint density at radius 3 is 2.75 bits per heavy atom. The van der Waals surface area contributed by atoms with Gasteiger partial charge in [0.25, 0.3) is 5.91 Å². The highest BCUT2D eigenvalue weighted by molar-refractivity contribution is 6.03. The van der Waals surface area contributed by atoms with Crippen molar-refractivity contribution in [3.63, 3.8) is 0 Å². The quantitative estimate of drug-likeness (QED) is 0.792. The van der Waals surface area contributed by atoms with Crippen LogP contribution in [0, 0.1) is 0 Å². The van der Waals surface area contributed by atoms with Crippen molar-refractivity contribution in [1.82, 2.24) is 24.6 Å². The molecule has 2 heterocycles. The van der Waals surface area contributed by atoms with E-state index in [0.29, 0.717) is 17.6 Å². The van der Waals surface area contributed by atoms with E-state index in [1.54, 1.807) is 10.6 Å². The first-order chi connectivity index (χ1) is 9.45. The minimum atomic E-state index is -0.295. The van der Waals surface area contributed by atoms with Crippen LogP contribution < -0.4 is 5.73 Å². The van der Waals surface area contributed by atoms with Crippen molar-refractivity contribution in [2.75, 3.05) is 34.0 Å². The summed E-state index contributed by atoms with van der Waals surface area (Å²) in [5.74, 6) is -0.0330. The van der Waals surface area contributed by atoms with Crippen molar-refractivity contribution < 1.29 is 9.63 Å². The molecule has 0 fully saturated rings. The number of hydrogen-bond acceptors (Lipinski definition) is 6. The van der Waals surface area contributed by atoms with Gasteiger partial charge >= 0.3 is 0 Å². The molecule has 0 bridgehead atoms. The summed E-state index contributed by atoms with van der Waals surface area (Å²) in [4.78, 5) is 23.2. The van der Waals surface area contributed by atoms with Crippen LogP contribution in [0.25, 0.3) is 5.52 Å². The molecule has 8 nitrogen and oxygen atoms in total. The van der Waals surface area contributed by atoms with E-state index in [-0.39, 0.29) is 11.7 Å². The van der Waals surface area contributed by atoms with Crippen LogP contribution in [0.2, 0.25) is 0 Å². The molecule has 0 aliphatic rings. The molecule has 108 valence electrons. The predicted octanol–water partition coefficient (Wildman–Crippen LogP) is 0.00650. The van der Waals surface area contributed by atoms with Crippen molar-refractivity contribution in [3.8, 4) is 0 Å². The second-order valence-corrected chi connectivity index (χ2v) is 4.68. The third kappa shape index (κ3) is 2.43. The number of nitrogens with zero attached hydrogens (tertiary/aromatic N) is 5. The molecule has 2 N–H and O–H groups in total. The van der Waals surface area contributed by atoms with Crippen LogP contribution in [0.4, 0.5) is 5.82 Å². The predicted molar refractivity (Wildman–Crippen MR) is 73.9 cm³/mol. The zero-order valence-electron chi connectivity index (χ0n) is 12.0. The molecular formula is C12H18N6O2. The lowest BCUT2D eigenvalue weighted by atomic mass is 10.2. The summed E-state index contributed by atoms with van der Waals surface area (Å²) in [6, 6.07) is 1.76. The Morgan fingerprint density at radius 2 is 2.15 bits per heavy atom. The summed E-state index contributed by atoms with van der Waals surface area (Å²) in [5, 5.41) is 5.31. The number of fused-ring (bicyclic) bond motifs is 1. The zero-order chi connectivity index (χ0) is 14.9. The number of nitrogens with two attached hydrogens (primary N) is 1. The minimum absolute atomic E-state index is 0.262. The molecule has 0 spiro atoms. The Labute approximate surface area is 116 Å². The standard InChI is InChI=1S/C12H18N6O2/c1-16(2)6-8-5-9(12(19)17(3)20-4)10-11(13)14-7-15-18(8)10/h5,7H,6H2,1-4H3,(H2,13,14,15). The van der Waals surface area contributed by atoms with Gasteiger partial charge in [0, 0.05) is 13.6 Å². The van der Waals surface area contributed by atoms with Crippen molar-refractivity contribution in [3.05, 3.63) is 23.7 Å². The summed E-state index contributed by atoms with van der Waals surface area (Å²) in [5.41, 5.74) is 7.66. The average molecular weight is 278 g/mol. The Morgan fingerprint density at radius 1 is 1.45 bits per heavy atom. The van der Waals surface area contributed by atoms with Gasteiger partial charge in [-0.25, -0.2) is 14.6 Å². The van der Waals surface area contributed by atoms with Crippen LogP contribution in [0.3, 0.4) is 0 Å². The number of aromatic nitrogens is 3. The molecule has 2 aromatic heterocycles. The minimum Gasteiger partial charge on any atom is -0.382 e. The Kier molecular flexibility index (Phi) is 3.86. The fourth-order valence-electron chi connectivity index (χ4n) is 1.99. The van der Waals surface area contributed by atoms with Crippen LogP contribution >= 0.6 is 0 Å². The van der Waals surface area contributed by atoms with Crippen molar-refractivity contribution in [2.45, 2.75) is 6.54 Å². The molecule has 8 heteroatoms. The number of hydrogen-bond donors (Lipinski definition) is 1. The van der Waals surface area contributed by atoms with Gasteiger partial charge in [0.05, 0.1) is 18.4 Å². The lowest BCUT2D eigenvalue weighted by molar-refractivity contribution is -0.0755. The first-order valence-corrected chi connectivity index (χ1v) is 6.03. The van der Waals surface area contributed by atoms with Crippen LogP contribution in [0.1, 0.15) is 16.1 Å². The van der Waals surface area contributed by atoms with Gasteiger partial charge in [-0.2, -0.15) is 5.10 Å². The maximum absolute atomic E-state index is 12.3. The monoisotopic (exact) mass is 278 g/mol. The molecule has 0 aromatic carbocycles. The van der Waals surface area contributed by atoms with Gasteiger partial charge in [0.1, 0.15) is 11.8 Å². The van der Waals surface area contributed by atoms with E-state index in [2.05, 4.69) is 10.1 Å². The highest BCUT2D eigenvalue weighted by atomic mass is 16.7. The number of nitrogen functional groups attached to an aromatic ring is 1. The molecule has 0 atom stereocenters. The molecule has 0 aliphatic heterocycles. The highest BCUT2D eigenvalue weighted by Gasteiger charge is 2.22. The summed E-state index contributed by atoms with van der Waals surface area (Å²) >= 11 is 0. The van der Waals surface area contributed by atoms with E-state index in [1.165, 1.54) is 20.5 Å². The largest absolute Gasteiger partial charge is 0.382 e. The van der Waals surface area contributed by atoms with Gasteiger partial charge in [0.2, 0.25) is 0 Å². The normalized spacial score (nSPS) is 11.2. The van der Waals surface area contributed by atoms with Gasteiger partial charge in [-0.3, -0.25) is 9.63 Å². The first kappa shape index (κ1) is 14.2. The van der Waals surface area contributed by atoms with Crippen molar-refractivity contribution >= 4 is 17.2 Å². The maximum atomic E-state index is 12.3. The van der Waals surface area contributed by atoms with Crippen LogP contribution in [0.15, 0.2) is 12.4 Å². The lowest BCUT2D eigenvalue weighted by Gasteiger charge is -2.12. The van der Waals surface area contributed by atoms with Crippen molar-refractivity contribution in [2.24, 2.45) is 0 Å². The summed E-state index contributed by atoms with van der Waals surface area (Å²) in [7, 11) is 6.84. The summed E-state index contributed by atoms with van der Waals surface area (Å²) in [6.45, 7) is 0.627. The van der Waals surface area contributed by atoms with E-state index in [1.807, 2.05) is 19.0 Å². The first-order valence-electron chi connectivity index (χ1n) is 6.03. The van der Waals surface area contributed by atoms with E-state index >= 15 is 0 Å². The zero-order valence-corrected chi connectivity index (χ0v) is 12.0. The second kappa shape index (κ2) is 5.43. The van der Waals surface area contributed by atoms with Gasteiger partial charge < -0.3 is 10.6 Å². The number of rotatable bonds is 4. The van der Waals surface area contributed by atoms with E-state index < -0.39 is 0 Å². The number of amides is 1. The molecule has 0 saturated carbocycles. The van der Waals surface area contributed by atoms with Gasteiger partial charge in [-0.05, 0) is 20.2 Å². The molecule has 1 amide bonds. The fraction of sp³-hybridized carbons (Fsp3) is 0.417. The van der Waals surface area contributed by atoms with Gasteiger partial charge in [-0.15, -0.1) is 0 Å². The van der Waals surface area contributed by atoms with Crippen LogP contribution in [-0.2, 0) is 11.4 Å². The summed E-state index contributed by atoms with van der Waals surface area (Å²) < 4.78 is 1.64. The number of carbonyl (C=O) groups excluding carboxylic acids is 1. The van der Waals surface area contributed by atoms with Gasteiger partial charge in [-0.1, -0.05) is 0 Å². The summed E-state index contributed by atoms with van der Waals surface area (Å²) in [6.07, 6.45) is 1.37. The number of hydroxylamine groups is 2. The van der Waals surface area contributed by atoms with Crippen LogP contribution in [0.5, 0.6) is 0 Å². The third-order valence-electron chi connectivity index (χ3n) is 2.92. The van der Waals surface area contributed by atoms with E-state index in [4.69, 9.17) is 10.6 Å². The van der Waals surface area contributed by atoms with E-state index in [0.717, 1.165) is 10.8 Å². The number of anilines is 1. The Hall–Kier alpha value is -2.19. The van der Waals surface area contributed by atoms with Crippen molar-refractivity contribution in [1.29, 1.82) is 0 Å². The third-order valence-corrected chi connectivity index (χ3v) is 2.92.